The first kappa shape index (κ1) is 12.5. The maximum atomic E-state index is 13.6. The molecule has 0 heterocycles. The van der Waals surface area contributed by atoms with Crippen LogP contribution >= 0.6 is 11.6 Å². The van der Waals surface area contributed by atoms with Crippen molar-refractivity contribution in [2.24, 2.45) is 5.73 Å². The highest BCUT2D eigenvalue weighted by atomic mass is 35.5. The predicted octanol–water partition coefficient (Wildman–Crippen LogP) is 2.86. The zero-order valence-electron chi connectivity index (χ0n) is 9.51. The van der Waals surface area contributed by atoms with Gasteiger partial charge in [0.2, 0.25) is 0 Å². The fourth-order valence-electron chi connectivity index (χ4n) is 2.16. The van der Waals surface area contributed by atoms with Gasteiger partial charge >= 0.3 is 0 Å². The molecule has 1 aliphatic rings. The summed E-state index contributed by atoms with van der Waals surface area (Å²) in [4.78, 5) is 11.8. The molecule has 1 aromatic rings. The van der Waals surface area contributed by atoms with Gasteiger partial charge in [-0.3, -0.25) is 4.79 Å². The van der Waals surface area contributed by atoms with Crippen molar-refractivity contribution >= 4 is 17.4 Å². The number of halogens is 2. The number of ketones is 1. The lowest BCUT2D eigenvalue weighted by atomic mass is 9.74. The second-order valence-electron chi connectivity index (χ2n) is 4.82. The van der Waals surface area contributed by atoms with Gasteiger partial charge < -0.3 is 5.73 Å². The van der Waals surface area contributed by atoms with Crippen LogP contribution < -0.4 is 5.73 Å². The number of carbonyl (C=O) groups excluding carboxylic acids is 1. The van der Waals surface area contributed by atoms with Gasteiger partial charge in [-0.25, -0.2) is 4.39 Å². The predicted molar refractivity (Wildman–Crippen MR) is 65.5 cm³/mol. The van der Waals surface area contributed by atoms with E-state index in [0.717, 1.165) is 19.3 Å². The molecule has 0 amide bonds. The molecule has 4 heteroatoms. The molecule has 0 aliphatic heterocycles. The van der Waals surface area contributed by atoms with Crippen LogP contribution in [0.5, 0.6) is 0 Å². The summed E-state index contributed by atoms with van der Waals surface area (Å²) in [5.41, 5.74) is 6.00. The van der Waals surface area contributed by atoms with Crippen LogP contribution in [0, 0.1) is 5.82 Å². The van der Waals surface area contributed by atoms with E-state index in [-0.39, 0.29) is 22.8 Å². The van der Waals surface area contributed by atoms with Gasteiger partial charge in [0.15, 0.2) is 0 Å². The fourth-order valence-corrected chi connectivity index (χ4v) is 2.35. The molecular weight excluding hydrogens is 241 g/mol. The number of nitrogens with two attached hydrogens (primary N) is 1. The largest absolute Gasteiger partial charge is 0.325 e. The van der Waals surface area contributed by atoms with E-state index < -0.39 is 5.82 Å². The second-order valence-corrected chi connectivity index (χ2v) is 5.23. The fraction of sp³-hybridized carbons (Fsp3) is 0.462. The molecule has 0 spiro atoms. The van der Waals surface area contributed by atoms with Crippen LogP contribution in [0.15, 0.2) is 18.2 Å². The van der Waals surface area contributed by atoms with Crippen molar-refractivity contribution in [1.82, 2.24) is 0 Å². The van der Waals surface area contributed by atoms with Gasteiger partial charge in [-0.05, 0) is 30.9 Å². The van der Waals surface area contributed by atoms with Gasteiger partial charge in [0.05, 0.1) is 5.02 Å². The van der Waals surface area contributed by atoms with E-state index in [1.807, 2.05) is 0 Å². The Hall–Kier alpha value is -0.930. The van der Waals surface area contributed by atoms with Crippen LogP contribution in [0.25, 0.3) is 0 Å². The van der Waals surface area contributed by atoms with E-state index in [2.05, 4.69) is 0 Å². The molecule has 0 radical (unpaired) electrons. The van der Waals surface area contributed by atoms with Crippen molar-refractivity contribution in [2.45, 2.75) is 37.6 Å². The van der Waals surface area contributed by atoms with Crippen molar-refractivity contribution < 1.29 is 9.18 Å². The summed E-state index contributed by atoms with van der Waals surface area (Å²) in [5, 5.41) is 0.0569. The van der Waals surface area contributed by atoms with Crippen molar-refractivity contribution in [2.75, 3.05) is 0 Å². The molecule has 92 valence electrons. The molecule has 17 heavy (non-hydrogen) atoms. The molecule has 2 nitrogen and oxygen atoms in total. The molecule has 1 aliphatic carbocycles. The summed E-state index contributed by atoms with van der Waals surface area (Å²) in [7, 11) is 0. The van der Waals surface area contributed by atoms with Crippen molar-refractivity contribution in [3.63, 3.8) is 0 Å². The van der Waals surface area contributed by atoms with Gasteiger partial charge in [-0.15, -0.1) is 0 Å². The third kappa shape index (κ3) is 2.85. The Balaban J connectivity index is 2.00. The number of hydrogen-bond acceptors (Lipinski definition) is 2. The minimum atomic E-state index is -0.498. The summed E-state index contributed by atoms with van der Waals surface area (Å²) in [6.45, 7) is 0. The normalized spacial score (nSPS) is 17.6. The van der Waals surface area contributed by atoms with Gasteiger partial charge in [-0.2, -0.15) is 0 Å². The van der Waals surface area contributed by atoms with Crippen LogP contribution in [0.1, 0.15) is 31.2 Å². The van der Waals surface area contributed by atoms with Crippen molar-refractivity contribution in [3.8, 4) is 0 Å². The molecule has 1 aromatic carbocycles. The Labute approximate surface area is 105 Å². The number of Topliss-reactive ketones (excluding diaryl/α,β-unsaturated/α-hetero) is 1. The Morgan fingerprint density at radius 1 is 1.47 bits per heavy atom. The Bertz CT molecular complexity index is 443. The molecule has 1 saturated carbocycles. The van der Waals surface area contributed by atoms with Crippen molar-refractivity contribution in [1.29, 1.82) is 0 Å². The molecule has 0 atom stereocenters. The molecule has 0 unspecified atom stereocenters. The lowest BCUT2D eigenvalue weighted by Crippen LogP contribution is -2.48. The third-order valence-corrected chi connectivity index (χ3v) is 3.61. The highest BCUT2D eigenvalue weighted by Crippen LogP contribution is 2.32. The second kappa shape index (κ2) is 4.75. The molecule has 1 fully saturated rings. The van der Waals surface area contributed by atoms with Crippen LogP contribution in [-0.2, 0) is 11.2 Å². The SMILES string of the molecule is NC1(CC(=O)Cc2cccc(Cl)c2F)CCC1. The zero-order valence-corrected chi connectivity index (χ0v) is 10.3. The Morgan fingerprint density at radius 2 is 2.18 bits per heavy atom. The third-order valence-electron chi connectivity index (χ3n) is 3.32. The lowest BCUT2D eigenvalue weighted by Gasteiger charge is -2.37. The first-order chi connectivity index (χ1) is 8.00. The zero-order chi connectivity index (χ0) is 12.5. The molecule has 0 saturated heterocycles. The first-order valence-electron chi connectivity index (χ1n) is 5.74. The molecule has 0 bridgehead atoms. The summed E-state index contributed by atoms with van der Waals surface area (Å²) in [6.07, 6.45) is 3.26. The topological polar surface area (TPSA) is 43.1 Å². The van der Waals surface area contributed by atoms with Crippen molar-refractivity contribution in [3.05, 3.63) is 34.6 Å². The summed E-state index contributed by atoms with van der Waals surface area (Å²) < 4.78 is 13.6. The van der Waals surface area contributed by atoms with Crippen LogP contribution in [0.4, 0.5) is 4.39 Å². The van der Waals surface area contributed by atoms with E-state index in [1.54, 1.807) is 12.1 Å². The summed E-state index contributed by atoms with van der Waals surface area (Å²) >= 11 is 5.66. The Morgan fingerprint density at radius 3 is 2.76 bits per heavy atom. The molecule has 2 N–H and O–H groups in total. The van der Waals surface area contributed by atoms with E-state index in [9.17, 15) is 9.18 Å². The quantitative estimate of drug-likeness (QED) is 0.899. The molecular formula is C13H15ClFNO. The lowest BCUT2D eigenvalue weighted by molar-refractivity contribution is -0.120. The highest BCUT2D eigenvalue weighted by Gasteiger charge is 2.34. The summed E-state index contributed by atoms with van der Waals surface area (Å²) in [5.74, 6) is -0.518. The molecule has 2 rings (SSSR count). The monoisotopic (exact) mass is 255 g/mol. The minimum absolute atomic E-state index is 0.0200. The maximum Gasteiger partial charge on any atom is 0.145 e. The average molecular weight is 256 g/mol. The number of hydrogen-bond donors (Lipinski definition) is 1. The van der Waals surface area contributed by atoms with Gasteiger partial charge in [0.1, 0.15) is 11.6 Å². The standard InChI is InChI=1S/C13H15ClFNO/c14-11-4-1-3-9(12(11)15)7-10(17)8-13(16)5-2-6-13/h1,3-4H,2,5-8,16H2. The first-order valence-corrected chi connectivity index (χ1v) is 6.11. The van der Waals surface area contributed by atoms with Gasteiger partial charge in [-0.1, -0.05) is 23.7 Å². The minimum Gasteiger partial charge on any atom is -0.325 e. The molecule has 0 aromatic heterocycles. The van der Waals surface area contributed by atoms with E-state index in [1.165, 1.54) is 6.07 Å². The number of benzene rings is 1. The Kier molecular flexibility index (Phi) is 3.50. The van der Waals surface area contributed by atoms with Crippen LogP contribution in [0.3, 0.4) is 0 Å². The van der Waals surface area contributed by atoms with E-state index in [0.29, 0.717) is 12.0 Å². The smallest absolute Gasteiger partial charge is 0.145 e. The number of carbonyl (C=O) groups is 1. The van der Waals surface area contributed by atoms with Crippen LogP contribution in [0.2, 0.25) is 5.02 Å². The summed E-state index contributed by atoms with van der Waals surface area (Å²) in [6, 6.07) is 4.71. The number of rotatable bonds is 4. The van der Waals surface area contributed by atoms with E-state index in [4.69, 9.17) is 17.3 Å². The maximum absolute atomic E-state index is 13.6. The van der Waals surface area contributed by atoms with Gasteiger partial charge in [0.25, 0.3) is 0 Å². The highest BCUT2D eigenvalue weighted by molar-refractivity contribution is 6.30. The van der Waals surface area contributed by atoms with E-state index >= 15 is 0 Å². The van der Waals surface area contributed by atoms with Crippen LogP contribution in [-0.4, -0.2) is 11.3 Å². The van der Waals surface area contributed by atoms with Gasteiger partial charge in [0, 0.05) is 18.4 Å². The average Bonchev–Trinajstić information content (AvgIpc) is 2.22.